The molecular weight excluding hydrogens is 507 g/mol. The van der Waals surface area contributed by atoms with Gasteiger partial charge in [-0.1, -0.05) is 91.8 Å². The van der Waals surface area contributed by atoms with E-state index in [1.54, 1.807) is 0 Å². The van der Waals surface area contributed by atoms with Crippen LogP contribution in [-0.4, -0.2) is 35.7 Å². The molecule has 0 radical (unpaired) electrons. The Morgan fingerprint density at radius 3 is 1.86 bits per heavy atom. The minimum atomic E-state index is -2.55. The average molecular weight is 555 g/mol. The van der Waals surface area contributed by atoms with Crippen molar-refractivity contribution >= 4 is 39.5 Å². The molecule has 1 heterocycles. The molecule has 0 aromatic carbocycles. The maximum atomic E-state index is 7.06. The molecule has 3 nitrogen and oxygen atoms in total. The molecule has 29 heavy (non-hydrogen) atoms. The topological polar surface area (TPSA) is 27.7 Å². The van der Waals surface area contributed by atoms with Crippen LogP contribution in [0.3, 0.4) is 0 Å². The molecule has 0 aromatic heterocycles. The van der Waals surface area contributed by atoms with Crippen LogP contribution in [0.2, 0.25) is 28.2 Å². The number of rotatable bonds is 5. The van der Waals surface area contributed by atoms with Gasteiger partial charge in [0.2, 0.25) is 0 Å². The smallest absolute Gasteiger partial charge is 0.350 e. The Labute approximate surface area is 197 Å². The normalized spacial score (nSPS) is 27.2. The number of halogens is 1. The summed E-state index contributed by atoms with van der Waals surface area (Å²) in [6, 6.07) is 0. The molecule has 0 saturated carbocycles. The molecule has 0 amide bonds. The standard InChI is InChI=1S/C23H47IO3Si2/c1-17(16-24)20-18(2)19(14-15-25-28(12,13)21(3,4)5)26-29(27-20,22(6,7)8)23(9,10)11/h16,18-20H,14-15H2,1-13H3/b17-16-/t18-,19-,20-/m0/s1. The summed E-state index contributed by atoms with van der Waals surface area (Å²) in [6.07, 6.45) is 1.21. The van der Waals surface area contributed by atoms with Crippen molar-refractivity contribution in [2.24, 2.45) is 5.92 Å². The predicted octanol–water partition coefficient (Wildman–Crippen LogP) is 8.20. The maximum Gasteiger partial charge on any atom is 0.350 e. The van der Waals surface area contributed by atoms with Crippen LogP contribution in [0.1, 0.15) is 82.6 Å². The van der Waals surface area contributed by atoms with Gasteiger partial charge in [0.05, 0.1) is 12.2 Å². The SMILES string of the molecule is C/C(=C/I)[C@@H]1O[Si](C(C)(C)C)(C(C)(C)C)O[C@@H](CCO[Si](C)(C)C(C)(C)C)[C@@H]1C. The van der Waals surface area contributed by atoms with Gasteiger partial charge in [-0.2, -0.15) is 0 Å². The Morgan fingerprint density at radius 1 is 1.00 bits per heavy atom. The summed E-state index contributed by atoms with van der Waals surface area (Å²) in [4.78, 5) is 0. The monoisotopic (exact) mass is 554 g/mol. The predicted molar refractivity (Wildman–Crippen MR) is 140 cm³/mol. The lowest BCUT2D eigenvalue weighted by molar-refractivity contribution is -0.0585. The lowest BCUT2D eigenvalue weighted by Gasteiger charge is -2.57. The van der Waals surface area contributed by atoms with E-state index in [4.69, 9.17) is 13.3 Å². The first-order valence-electron chi connectivity index (χ1n) is 11.1. The van der Waals surface area contributed by atoms with Crippen LogP contribution in [-0.2, 0) is 13.3 Å². The molecule has 1 aliphatic heterocycles. The van der Waals surface area contributed by atoms with Gasteiger partial charge in [-0.05, 0) is 41.1 Å². The van der Waals surface area contributed by atoms with E-state index in [-0.39, 0.29) is 27.3 Å². The fourth-order valence-corrected chi connectivity index (χ4v) is 10.9. The second kappa shape index (κ2) is 9.34. The Morgan fingerprint density at radius 2 is 1.48 bits per heavy atom. The van der Waals surface area contributed by atoms with Crippen LogP contribution in [0.15, 0.2) is 9.66 Å². The second-order valence-corrected chi connectivity index (χ2v) is 22.6. The van der Waals surface area contributed by atoms with Crippen LogP contribution < -0.4 is 0 Å². The van der Waals surface area contributed by atoms with E-state index in [0.29, 0.717) is 5.92 Å². The molecule has 0 bridgehead atoms. The Balaban J connectivity index is 3.22. The summed E-state index contributed by atoms with van der Waals surface area (Å²) in [5.41, 5.74) is 1.31. The third-order valence-corrected chi connectivity index (χ3v) is 17.6. The fourth-order valence-electron chi connectivity index (χ4n) is 4.20. The van der Waals surface area contributed by atoms with Crippen LogP contribution in [0.5, 0.6) is 0 Å². The van der Waals surface area contributed by atoms with E-state index in [1.165, 1.54) is 5.57 Å². The molecule has 0 aliphatic carbocycles. The van der Waals surface area contributed by atoms with Gasteiger partial charge in [-0.3, -0.25) is 0 Å². The van der Waals surface area contributed by atoms with E-state index in [0.717, 1.165) is 13.0 Å². The lowest BCUT2D eigenvalue weighted by atomic mass is 9.92. The van der Waals surface area contributed by atoms with Gasteiger partial charge in [0.25, 0.3) is 0 Å². The van der Waals surface area contributed by atoms with Gasteiger partial charge >= 0.3 is 8.56 Å². The molecular formula is C23H47IO3Si2. The molecule has 0 spiro atoms. The van der Waals surface area contributed by atoms with Crippen LogP contribution in [0.4, 0.5) is 0 Å². The molecule has 0 N–H and O–H groups in total. The van der Waals surface area contributed by atoms with Crippen molar-refractivity contribution in [3.8, 4) is 0 Å². The van der Waals surface area contributed by atoms with E-state index in [9.17, 15) is 0 Å². The van der Waals surface area contributed by atoms with Gasteiger partial charge in [0.1, 0.15) is 0 Å². The highest BCUT2D eigenvalue weighted by Crippen LogP contribution is 2.56. The molecule has 1 saturated heterocycles. The summed E-state index contributed by atoms with van der Waals surface area (Å²) in [7, 11) is -4.31. The zero-order valence-electron chi connectivity index (χ0n) is 21.3. The van der Waals surface area contributed by atoms with Crippen molar-refractivity contribution in [3.63, 3.8) is 0 Å². The molecule has 0 aromatic rings. The molecule has 0 unspecified atom stereocenters. The molecule has 1 aliphatic rings. The lowest BCUT2D eigenvalue weighted by Crippen LogP contribution is -2.66. The quantitative estimate of drug-likeness (QED) is 0.253. The maximum absolute atomic E-state index is 7.06. The van der Waals surface area contributed by atoms with Crippen molar-refractivity contribution in [1.82, 2.24) is 0 Å². The van der Waals surface area contributed by atoms with Crippen molar-refractivity contribution in [2.75, 3.05) is 6.61 Å². The summed E-state index contributed by atoms with van der Waals surface area (Å²) in [5, 5.41) is 0.189. The highest BCUT2D eigenvalue weighted by Gasteiger charge is 2.63. The first-order valence-corrected chi connectivity index (χ1v) is 17.0. The zero-order valence-corrected chi connectivity index (χ0v) is 25.5. The molecule has 1 fully saturated rings. The first-order chi connectivity index (χ1) is 12.8. The fraction of sp³-hybridized carbons (Fsp3) is 0.913. The van der Waals surface area contributed by atoms with E-state index < -0.39 is 16.9 Å². The minimum absolute atomic E-state index is 0.0201. The third-order valence-electron chi connectivity index (χ3n) is 6.94. The molecule has 1 rings (SSSR count). The molecule has 6 heteroatoms. The zero-order chi connectivity index (χ0) is 23.1. The van der Waals surface area contributed by atoms with Gasteiger partial charge in [0, 0.05) is 22.6 Å². The third kappa shape index (κ3) is 5.98. The highest BCUT2D eigenvalue weighted by molar-refractivity contribution is 14.1. The van der Waals surface area contributed by atoms with E-state index in [1.807, 2.05) is 0 Å². The van der Waals surface area contributed by atoms with E-state index in [2.05, 4.69) is 116 Å². The minimum Gasteiger partial charge on any atom is -0.417 e. The Hall–Kier alpha value is 0.784. The average Bonchev–Trinajstić information content (AvgIpc) is 2.52. The van der Waals surface area contributed by atoms with Crippen molar-refractivity contribution < 1.29 is 13.3 Å². The van der Waals surface area contributed by atoms with E-state index >= 15 is 0 Å². The summed E-state index contributed by atoms with van der Waals surface area (Å²) < 4.78 is 22.8. The van der Waals surface area contributed by atoms with Crippen LogP contribution in [0.25, 0.3) is 0 Å². The summed E-state index contributed by atoms with van der Waals surface area (Å²) in [6.45, 7) is 30.6. The molecule has 172 valence electrons. The molecule has 3 atom stereocenters. The van der Waals surface area contributed by atoms with Gasteiger partial charge in [-0.25, -0.2) is 0 Å². The number of hydrogen-bond acceptors (Lipinski definition) is 3. The van der Waals surface area contributed by atoms with Gasteiger partial charge in [-0.15, -0.1) is 0 Å². The summed E-state index contributed by atoms with van der Waals surface area (Å²) >= 11 is 2.35. The largest absolute Gasteiger partial charge is 0.417 e. The van der Waals surface area contributed by atoms with Crippen molar-refractivity contribution in [1.29, 1.82) is 0 Å². The van der Waals surface area contributed by atoms with Crippen LogP contribution in [0, 0.1) is 5.92 Å². The number of hydrogen-bond donors (Lipinski definition) is 0. The highest BCUT2D eigenvalue weighted by atomic mass is 127. The van der Waals surface area contributed by atoms with Crippen LogP contribution >= 0.6 is 22.6 Å². The van der Waals surface area contributed by atoms with Crippen molar-refractivity contribution in [2.45, 2.75) is 123 Å². The Bertz CT molecular complexity index is 568. The van der Waals surface area contributed by atoms with Gasteiger partial charge < -0.3 is 13.3 Å². The summed E-state index contributed by atoms with van der Waals surface area (Å²) in [5.74, 6) is 0.314. The second-order valence-electron chi connectivity index (χ2n) is 12.4. The van der Waals surface area contributed by atoms with Gasteiger partial charge in [0.15, 0.2) is 8.32 Å². The van der Waals surface area contributed by atoms with Crippen molar-refractivity contribution in [3.05, 3.63) is 9.66 Å². The Kier molecular flexibility index (Phi) is 8.96. The first kappa shape index (κ1) is 27.8.